The van der Waals surface area contributed by atoms with Crippen molar-refractivity contribution in [1.82, 2.24) is 10.2 Å². The van der Waals surface area contributed by atoms with Gasteiger partial charge < -0.3 is 15.3 Å². The molecule has 0 amide bonds. The molecule has 1 aliphatic heterocycles. The van der Waals surface area contributed by atoms with Gasteiger partial charge in [-0.05, 0) is 43.4 Å². The summed E-state index contributed by atoms with van der Waals surface area (Å²) in [6.45, 7) is 8.90. The summed E-state index contributed by atoms with van der Waals surface area (Å²) in [6.07, 6.45) is 1.98. The summed E-state index contributed by atoms with van der Waals surface area (Å²) in [5, 5.41) is 12.5. The van der Waals surface area contributed by atoms with Crippen LogP contribution in [0.25, 0.3) is 0 Å². The summed E-state index contributed by atoms with van der Waals surface area (Å²) < 4.78 is 0. The molecule has 2 rings (SSSR count). The predicted molar refractivity (Wildman–Crippen MR) is 79.6 cm³/mol. The predicted octanol–water partition coefficient (Wildman–Crippen LogP) is 1.50. The molecule has 0 bridgehead atoms. The molecule has 106 valence electrons. The van der Waals surface area contributed by atoms with Crippen LogP contribution in [0, 0.1) is 13.8 Å². The van der Waals surface area contributed by atoms with Crippen LogP contribution < -0.4 is 5.32 Å². The second kappa shape index (κ2) is 7.04. The molecule has 1 fully saturated rings. The Morgan fingerprint density at radius 2 is 2.16 bits per heavy atom. The average molecular weight is 262 g/mol. The van der Waals surface area contributed by atoms with Crippen LogP contribution in [0.5, 0.6) is 0 Å². The molecule has 0 radical (unpaired) electrons. The molecule has 0 aliphatic carbocycles. The molecule has 3 heteroatoms. The fourth-order valence-electron chi connectivity index (χ4n) is 2.74. The summed E-state index contributed by atoms with van der Waals surface area (Å²) in [7, 11) is 0. The first-order valence-corrected chi connectivity index (χ1v) is 7.32. The fraction of sp³-hybridized carbons (Fsp3) is 0.625. The Balaban J connectivity index is 1.89. The molecule has 19 heavy (non-hydrogen) atoms. The van der Waals surface area contributed by atoms with E-state index in [0.29, 0.717) is 12.6 Å². The minimum atomic E-state index is 0.297. The van der Waals surface area contributed by atoms with Crippen LogP contribution >= 0.6 is 0 Å². The maximum absolute atomic E-state index is 8.91. The smallest absolute Gasteiger partial charge is 0.0443 e. The number of aliphatic hydroxyl groups is 1. The Morgan fingerprint density at radius 3 is 2.89 bits per heavy atom. The number of hydrogen-bond acceptors (Lipinski definition) is 3. The zero-order chi connectivity index (χ0) is 13.7. The first kappa shape index (κ1) is 14.5. The van der Waals surface area contributed by atoms with E-state index in [1.807, 2.05) is 0 Å². The maximum Gasteiger partial charge on any atom is 0.0443 e. The molecule has 2 N–H and O–H groups in total. The van der Waals surface area contributed by atoms with Crippen molar-refractivity contribution in [3.63, 3.8) is 0 Å². The third kappa shape index (κ3) is 4.30. The van der Waals surface area contributed by atoms with Gasteiger partial charge in [0.05, 0.1) is 0 Å². The molecule has 1 heterocycles. The van der Waals surface area contributed by atoms with Crippen LogP contribution in [0.2, 0.25) is 0 Å². The van der Waals surface area contributed by atoms with E-state index in [9.17, 15) is 0 Å². The summed E-state index contributed by atoms with van der Waals surface area (Å²) in [4.78, 5) is 2.46. The van der Waals surface area contributed by atoms with Crippen molar-refractivity contribution in [3.8, 4) is 0 Å². The van der Waals surface area contributed by atoms with Gasteiger partial charge in [-0.25, -0.2) is 0 Å². The highest BCUT2D eigenvalue weighted by Gasteiger charge is 2.19. The van der Waals surface area contributed by atoms with E-state index in [0.717, 1.165) is 39.0 Å². The third-order valence-corrected chi connectivity index (χ3v) is 4.03. The lowest BCUT2D eigenvalue weighted by molar-refractivity contribution is 0.178. The molecule has 0 saturated carbocycles. The van der Waals surface area contributed by atoms with Gasteiger partial charge in [0.25, 0.3) is 0 Å². The summed E-state index contributed by atoms with van der Waals surface area (Å²) in [5.74, 6) is 0. The van der Waals surface area contributed by atoms with Gasteiger partial charge in [0, 0.05) is 38.8 Å². The van der Waals surface area contributed by atoms with Gasteiger partial charge in [0.2, 0.25) is 0 Å². The second-order valence-electron chi connectivity index (χ2n) is 5.65. The second-order valence-corrected chi connectivity index (χ2v) is 5.65. The Hall–Kier alpha value is -0.900. The molecule has 0 aromatic heterocycles. The van der Waals surface area contributed by atoms with Crippen LogP contribution in [0.15, 0.2) is 18.2 Å². The molecule has 0 spiro atoms. The minimum Gasteiger partial charge on any atom is -0.396 e. The lowest BCUT2D eigenvalue weighted by Gasteiger charge is -2.33. The Labute approximate surface area is 116 Å². The zero-order valence-electron chi connectivity index (χ0n) is 12.2. The maximum atomic E-state index is 8.91. The number of nitrogens with zero attached hydrogens (tertiary/aromatic N) is 1. The van der Waals surface area contributed by atoms with E-state index in [1.54, 1.807) is 0 Å². The van der Waals surface area contributed by atoms with Crippen LogP contribution in [0.1, 0.15) is 23.1 Å². The molecule has 1 atom stereocenters. The number of aryl methyl sites for hydroxylation is 2. The number of aliphatic hydroxyl groups excluding tert-OH is 1. The van der Waals surface area contributed by atoms with Gasteiger partial charge in [-0.3, -0.25) is 0 Å². The van der Waals surface area contributed by atoms with Crippen LogP contribution in [0.3, 0.4) is 0 Å². The lowest BCUT2D eigenvalue weighted by Crippen LogP contribution is -2.51. The van der Waals surface area contributed by atoms with E-state index >= 15 is 0 Å². The molecule has 3 nitrogen and oxygen atoms in total. The minimum absolute atomic E-state index is 0.297. The van der Waals surface area contributed by atoms with Gasteiger partial charge in [-0.1, -0.05) is 18.2 Å². The van der Waals surface area contributed by atoms with Crippen LogP contribution in [-0.2, 0) is 6.42 Å². The van der Waals surface area contributed by atoms with Gasteiger partial charge >= 0.3 is 0 Å². The number of hydrogen-bond donors (Lipinski definition) is 2. The molecular weight excluding hydrogens is 236 g/mol. The third-order valence-electron chi connectivity index (χ3n) is 4.03. The molecule has 1 saturated heterocycles. The van der Waals surface area contributed by atoms with Gasteiger partial charge in [0.15, 0.2) is 0 Å². The zero-order valence-corrected chi connectivity index (χ0v) is 12.2. The van der Waals surface area contributed by atoms with Gasteiger partial charge in [-0.15, -0.1) is 0 Å². The highest BCUT2D eigenvalue weighted by molar-refractivity contribution is 5.30. The largest absolute Gasteiger partial charge is 0.396 e. The SMILES string of the molecule is Cc1ccc(CC2CN(CCCO)CCN2)cc1C. The highest BCUT2D eigenvalue weighted by atomic mass is 16.3. The van der Waals surface area contributed by atoms with Crippen molar-refractivity contribution < 1.29 is 5.11 Å². The number of benzene rings is 1. The summed E-state index contributed by atoms with van der Waals surface area (Å²) in [6, 6.07) is 7.31. The Bertz CT molecular complexity index is 406. The van der Waals surface area contributed by atoms with E-state index in [1.165, 1.54) is 16.7 Å². The molecular formula is C16H26N2O. The highest BCUT2D eigenvalue weighted by Crippen LogP contribution is 2.13. The van der Waals surface area contributed by atoms with E-state index in [-0.39, 0.29) is 0 Å². The van der Waals surface area contributed by atoms with E-state index in [2.05, 4.69) is 42.3 Å². The van der Waals surface area contributed by atoms with Crippen molar-refractivity contribution >= 4 is 0 Å². The number of rotatable bonds is 5. The molecule has 1 aromatic carbocycles. The van der Waals surface area contributed by atoms with Crippen molar-refractivity contribution in [1.29, 1.82) is 0 Å². The normalized spacial score (nSPS) is 20.7. The van der Waals surface area contributed by atoms with Gasteiger partial charge in [-0.2, -0.15) is 0 Å². The molecule has 1 unspecified atom stereocenters. The molecule has 1 aliphatic rings. The first-order chi connectivity index (χ1) is 9.19. The van der Waals surface area contributed by atoms with Gasteiger partial charge in [0.1, 0.15) is 0 Å². The quantitative estimate of drug-likeness (QED) is 0.844. The summed E-state index contributed by atoms with van der Waals surface area (Å²) in [5.41, 5.74) is 4.17. The standard InChI is InChI=1S/C16H26N2O/c1-13-4-5-15(10-14(13)2)11-16-12-18(7-3-9-19)8-6-17-16/h4-5,10,16-17,19H,3,6-9,11-12H2,1-2H3. The summed E-state index contributed by atoms with van der Waals surface area (Å²) >= 11 is 0. The van der Waals surface area contributed by atoms with Crippen molar-refractivity contribution in [2.45, 2.75) is 32.7 Å². The Kier molecular flexibility index (Phi) is 5.37. The lowest BCUT2D eigenvalue weighted by atomic mass is 10.00. The Morgan fingerprint density at radius 1 is 1.32 bits per heavy atom. The van der Waals surface area contributed by atoms with E-state index < -0.39 is 0 Å². The molecule has 1 aromatic rings. The van der Waals surface area contributed by atoms with Crippen LogP contribution in [0.4, 0.5) is 0 Å². The monoisotopic (exact) mass is 262 g/mol. The van der Waals surface area contributed by atoms with Crippen molar-refractivity contribution in [3.05, 3.63) is 34.9 Å². The van der Waals surface area contributed by atoms with Crippen molar-refractivity contribution in [2.75, 3.05) is 32.8 Å². The van der Waals surface area contributed by atoms with Crippen LogP contribution in [-0.4, -0.2) is 48.8 Å². The average Bonchev–Trinajstić information content (AvgIpc) is 2.41. The fourth-order valence-corrected chi connectivity index (χ4v) is 2.74. The van der Waals surface area contributed by atoms with Crippen molar-refractivity contribution in [2.24, 2.45) is 0 Å². The number of piperazine rings is 1. The van der Waals surface area contributed by atoms with E-state index in [4.69, 9.17) is 5.11 Å². The topological polar surface area (TPSA) is 35.5 Å². The number of nitrogens with one attached hydrogen (secondary N) is 1. The first-order valence-electron chi connectivity index (χ1n) is 7.32.